The third-order valence-corrected chi connectivity index (χ3v) is 4.51. The SMILES string of the molecule is COc1ccc(CNC(=O)c2cc(Br)ccc2I)cc1OC. The lowest BCUT2D eigenvalue weighted by atomic mass is 10.1. The van der Waals surface area contributed by atoms with E-state index in [1.807, 2.05) is 36.4 Å². The van der Waals surface area contributed by atoms with Gasteiger partial charge in [0.1, 0.15) is 0 Å². The van der Waals surface area contributed by atoms with E-state index in [0.717, 1.165) is 13.6 Å². The summed E-state index contributed by atoms with van der Waals surface area (Å²) in [5.74, 6) is 1.20. The molecule has 4 nitrogen and oxygen atoms in total. The van der Waals surface area contributed by atoms with E-state index >= 15 is 0 Å². The normalized spacial score (nSPS) is 10.2. The summed E-state index contributed by atoms with van der Waals surface area (Å²) in [7, 11) is 3.18. The first-order chi connectivity index (χ1) is 10.5. The van der Waals surface area contributed by atoms with Crippen LogP contribution in [0.1, 0.15) is 15.9 Å². The van der Waals surface area contributed by atoms with E-state index in [1.165, 1.54) is 0 Å². The molecule has 2 aromatic rings. The van der Waals surface area contributed by atoms with E-state index in [2.05, 4.69) is 43.8 Å². The monoisotopic (exact) mass is 475 g/mol. The third-order valence-electron chi connectivity index (χ3n) is 3.07. The molecule has 1 amide bonds. The summed E-state index contributed by atoms with van der Waals surface area (Å²) in [6, 6.07) is 11.2. The van der Waals surface area contributed by atoms with E-state index in [9.17, 15) is 4.79 Å². The minimum Gasteiger partial charge on any atom is -0.493 e. The van der Waals surface area contributed by atoms with Crippen molar-refractivity contribution in [2.75, 3.05) is 14.2 Å². The molecule has 0 saturated carbocycles. The van der Waals surface area contributed by atoms with Crippen LogP contribution in [0.4, 0.5) is 0 Å². The molecule has 0 aliphatic carbocycles. The van der Waals surface area contributed by atoms with Gasteiger partial charge in [-0.05, 0) is 58.5 Å². The Balaban J connectivity index is 2.09. The molecule has 0 spiro atoms. The summed E-state index contributed by atoms with van der Waals surface area (Å²) in [4.78, 5) is 12.3. The lowest BCUT2D eigenvalue weighted by molar-refractivity contribution is 0.0950. The van der Waals surface area contributed by atoms with Gasteiger partial charge >= 0.3 is 0 Å². The highest BCUT2D eigenvalue weighted by molar-refractivity contribution is 14.1. The number of hydrogen-bond donors (Lipinski definition) is 1. The summed E-state index contributed by atoms with van der Waals surface area (Å²) in [5, 5.41) is 2.91. The average molecular weight is 476 g/mol. The Kier molecular flexibility index (Phi) is 6.07. The van der Waals surface area contributed by atoms with Gasteiger partial charge in [0.2, 0.25) is 0 Å². The molecule has 0 heterocycles. The number of methoxy groups -OCH3 is 2. The molecule has 0 aromatic heterocycles. The second-order valence-electron chi connectivity index (χ2n) is 4.50. The fourth-order valence-corrected chi connectivity index (χ4v) is 2.88. The summed E-state index contributed by atoms with van der Waals surface area (Å²) < 4.78 is 12.2. The number of halogens is 2. The van der Waals surface area contributed by atoms with E-state index < -0.39 is 0 Å². The van der Waals surface area contributed by atoms with Crippen molar-refractivity contribution >= 4 is 44.4 Å². The lowest BCUT2D eigenvalue weighted by Gasteiger charge is -2.11. The largest absolute Gasteiger partial charge is 0.493 e. The Hall–Kier alpha value is -1.28. The van der Waals surface area contributed by atoms with Crippen molar-refractivity contribution in [1.29, 1.82) is 0 Å². The maximum atomic E-state index is 12.3. The van der Waals surface area contributed by atoms with Gasteiger partial charge < -0.3 is 14.8 Å². The fraction of sp³-hybridized carbons (Fsp3) is 0.188. The number of benzene rings is 2. The molecule has 22 heavy (non-hydrogen) atoms. The smallest absolute Gasteiger partial charge is 0.252 e. The number of carbonyl (C=O) groups is 1. The standard InChI is InChI=1S/C16H15BrINO3/c1-21-14-6-3-10(7-15(14)22-2)9-19-16(20)12-8-11(17)4-5-13(12)18/h3-8H,9H2,1-2H3,(H,19,20). The van der Waals surface area contributed by atoms with E-state index in [4.69, 9.17) is 9.47 Å². The van der Waals surface area contributed by atoms with Gasteiger partial charge in [0.15, 0.2) is 11.5 Å². The number of rotatable bonds is 5. The first-order valence-corrected chi connectivity index (χ1v) is 8.36. The zero-order valence-corrected chi connectivity index (χ0v) is 15.9. The van der Waals surface area contributed by atoms with Crippen molar-refractivity contribution in [3.8, 4) is 11.5 Å². The summed E-state index contributed by atoms with van der Waals surface area (Å²) in [5.41, 5.74) is 1.59. The molecule has 0 saturated heterocycles. The van der Waals surface area contributed by atoms with Crippen LogP contribution in [-0.2, 0) is 6.54 Å². The average Bonchev–Trinajstić information content (AvgIpc) is 2.54. The number of carbonyl (C=O) groups excluding carboxylic acids is 1. The Bertz CT molecular complexity index is 691. The van der Waals surface area contributed by atoms with Gasteiger partial charge in [-0.2, -0.15) is 0 Å². The highest BCUT2D eigenvalue weighted by atomic mass is 127. The number of hydrogen-bond acceptors (Lipinski definition) is 3. The number of amides is 1. The predicted octanol–water partition coefficient (Wildman–Crippen LogP) is 4.00. The zero-order chi connectivity index (χ0) is 16.1. The van der Waals surface area contributed by atoms with Gasteiger partial charge in [-0.15, -0.1) is 0 Å². The second kappa shape index (κ2) is 7.82. The minimum absolute atomic E-state index is 0.111. The molecule has 0 unspecified atom stereocenters. The molecular formula is C16H15BrINO3. The molecule has 0 aliphatic heterocycles. The molecule has 0 radical (unpaired) electrons. The van der Waals surface area contributed by atoms with Gasteiger partial charge in [-0.25, -0.2) is 0 Å². The number of nitrogens with one attached hydrogen (secondary N) is 1. The molecule has 0 fully saturated rings. The van der Waals surface area contributed by atoms with Crippen LogP contribution < -0.4 is 14.8 Å². The molecular weight excluding hydrogens is 461 g/mol. The van der Waals surface area contributed by atoms with Crippen molar-refractivity contribution in [2.24, 2.45) is 0 Å². The first-order valence-electron chi connectivity index (χ1n) is 6.49. The van der Waals surface area contributed by atoms with Crippen LogP contribution in [0.3, 0.4) is 0 Å². The molecule has 0 aliphatic rings. The Morgan fingerprint density at radius 2 is 1.86 bits per heavy atom. The van der Waals surface area contributed by atoms with Gasteiger partial charge in [-0.3, -0.25) is 4.79 Å². The summed E-state index contributed by atoms with van der Waals surface area (Å²) >= 11 is 5.53. The molecule has 0 bridgehead atoms. The van der Waals surface area contributed by atoms with Crippen LogP contribution in [-0.4, -0.2) is 20.1 Å². The van der Waals surface area contributed by atoms with Crippen LogP contribution >= 0.6 is 38.5 Å². The lowest BCUT2D eigenvalue weighted by Crippen LogP contribution is -2.23. The van der Waals surface area contributed by atoms with Gasteiger partial charge in [-0.1, -0.05) is 22.0 Å². The highest BCUT2D eigenvalue weighted by Crippen LogP contribution is 2.27. The molecule has 116 valence electrons. The number of ether oxygens (including phenoxy) is 2. The Labute approximate surface area is 151 Å². The molecule has 1 N–H and O–H groups in total. The topological polar surface area (TPSA) is 47.6 Å². The van der Waals surface area contributed by atoms with E-state index in [1.54, 1.807) is 14.2 Å². The Morgan fingerprint density at radius 1 is 1.14 bits per heavy atom. The summed E-state index contributed by atoms with van der Waals surface area (Å²) in [6.45, 7) is 0.418. The maximum absolute atomic E-state index is 12.3. The zero-order valence-electron chi connectivity index (χ0n) is 12.2. The third kappa shape index (κ3) is 4.13. The van der Waals surface area contributed by atoms with Gasteiger partial charge in [0.25, 0.3) is 5.91 Å². The predicted molar refractivity (Wildman–Crippen MR) is 97.6 cm³/mol. The van der Waals surface area contributed by atoms with Crippen molar-refractivity contribution < 1.29 is 14.3 Å². The molecule has 2 aromatic carbocycles. The quantitative estimate of drug-likeness (QED) is 0.665. The van der Waals surface area contributed by atoms with E-state index in [-0.39, 0.29) is 5.91 Å². The van der Waals surface area contributed by atoms with Crippen molar-refractivity contribution in [3.63, 3.8) is 0 Å². The van der Waals surface area contributed by atoms with Crippen LogP contribution in [0.2, 0.25) is 0 Å². The Morgan fingerprint density at radius 3 is 2.55 bits per heavy atom. The molecule has 2 rings (SSSR count). The summed E-state index contributed by atoms with van der Waals surface area (Å²) in [6.07, 6.45) is 0. The highest BCUT2D eigenvalue weighted by Gasteiger charge is 2.11. The maximum Gasteiger partial charge on any atom is 0.252 e. The van der Waals surface area contributed by atoms with E-state index in [0.29, 0.717) is 23.6 Å². The second-order valence-corrected chi connectivity index (χ2v) is 6.57. The van der Waals surface area contributed by atoms with Crippen LogP contribution in [0, 0.1) is 3.57 Å². The van der Waals surface area contributed by atoms with Crippen LogP contribution in [0.5, 0.6) is 11.5 Å². The van der Waals surface area contributed by atoms with Crippen molar-refractivity contribution in [3.05, 3.63) is 55.6 Å². The van der Waals surface area contributed by atoms with Crippen molar-refractivity contribution in [1.82, 2.24) is 5.32 Å². The first kappa shape index (κ1) is 17.1. The van der Waals surface area contributed by atoms with Crippen LogP contribution in [0.25, 0.3) is 0 Å². The molecule has 6 heteroatoms. The van der Waals surface area contributed by atoms with Gasteiger partial charge in [0.05, 0.1) is 19.8 Å². The molecule has 0 atom stereocenters. The van der Waals surface area contributed by atoms with Crippen LogP contribution in [0.15, 0.2) is 40.9 Å². The van der Waals surface area contributed by atoms with Crippen molar-refractivity contribution in [2.45, 2.75) is 6.54 Å². The van der Waals surface area contributed by atoms with Gasteiger partial charge in [0, 0.05) is 14.6 Å². The minimum atomic E-state index is -0.111. The fourth-order valence-electron chi connectivity index (χ4n) is 1.94.